The molecule has 0 aliphatic heterocycles. The Hall–Kier alpha value is -0.0800. The quantitative estimate of drug-likeness (QED) is 0.681. The van der Waals surface area contributed by atoms with Crippen molar-refractivity contribution in [2.45, 2.75) is 38.6 Å². The molecule has 1 saturated carbocycles. The molecule has 0 saturated heterocycles. The van der Waals surface area contributed by atoms with E-state index in [1.165, 1.54) is 25.7 Å². The predicted molar refractivity (Wildman–Crippen MR) is 51.3 cm³/mol. The first-order valence-electron chi connectivity index (χ1n) is 5.13. The van der Waals surface area contributed by atoms with Crippen molar-refractivity contribution in [1.29, 1.82) is 0 Å². The number of likely N-dealkylation sites (N-methyl/N-ethyl adjacent to an activating group) is 1. The van der Waals surface area contributed by atoms with Crippen LogP contribution in [0.3, 0.4) is 0 Å². The zero-order chi connectivity index (χ0) is 8.81. The molecule has 1 aliphatic carbocycles. The van der Waals surface area contributed by atoms with Crippen LogP contribution in [0.4, 0.5) is 0 Å². The van der Waals surface area contributed by atoms with Crippen molar-refractivity contribution in [3.05, 3.63) is 0 Å². The zero-order valence-electron chi connectivity index (χ0n) is 8.31. The van der Waals surface area contributed by atoms with E-state index in [0.29, 0.717) is 6.04 Å². The summed E-state index contributed by atoms with van der Waals surface area (Å²) >= 11 is 0. The van der Waals surface area contributed by atoms with Gasteiger partial charge in [0.05, 0.1) is 6.61 Å². The minimum atomic E-state index is 0.590. The van der Waals surface area contributed by atoms with E-state index in [1.807, 2.05) is 7.05 Å². The van der Waals surface area contributed by atoms with Crippen molar-refractivity contribution in [3.8, 4) is 0 Å². The first-order valence-corrected chi connectivity index (χ1v) is 5.13. The van der Waals surface area contributed by atoms with Crippen LogP contribution < -0.4 is 5.32 Å². The van der Waals surface area contributed by atoms with Gasteiger partial charge < -0.3 is 10.1 Å². The van der Waals surface area contributed by atoms with Crippen LogP contribution in [-0.2, 0) is 4.74 Å². The first-order chi connectivity index (χ1) is 5.88. The Labute approximate surface area is 75.7 Å². The highest BCUT2D eigenvalue weighted by Crippen LogP contribution is 2.27. The molecular formula is C10H21NO. The van der Waals surface area contributed by atoms with E-state index >= 15 is 0 Å². The number of hydrogen-bond donors (Lipinski definition) is 1. The molecule has 1 N–H and O–H groups in total. The van der Waals surface area contributed by atoms with Crippen molar-refractivity contribution < 1.29 is 4.74 Å². The van der Waals surface area contributed by atoms with Gasteiger partial charge in [-0.15, -0.1) is 0 Å². The maximum atomic E-state index is 5.44. The van der Waals surface area contributed by atoms with E-state index in [1.54, 1.807) is 0 Å². The lowest BCUT2D eigenvalue weighted by atomic mass is 9.99. The fourth-order valence-corrected chi connectivity index (χ4v) is 2.06. The van der Waals surface area contributed by atoms with E-state index in [-0.39, 0.29) is 0 Å². The second-order valence-corrected chi connectivity index (χ2v) is 3.60. The van der Waals surface area contributed by atoms with Gasteiger partial charge in [-0.3, -0.25) is 0 Å². The van der Waals surface area contributed by atoms with Gasteiger partial charge in [-0.1, -0.05) is 12.8 Å². The molecule has 1 unspecified atom stereocenters. The Kier molecular flexibility index (Phi) is 4.62. The van der Waals surface area contributed by atoms with Crippen LogP contribution in [0.2, 0.25) is 0 Å². The van der Waals surface area contributed by atoms with E-state index in [0.717, 1.165) is 19.1 Å². The van der Waals surface area contributed by atoms with Gasteiger partial charge in [0.1, 0.15) is 0 Å². The first kappa shape index (κ1) is 10.0. The van der Waals surface area contributed by atoms with Gasteiger partial charge in [0.15, 0.2) is 0 Å². The lowest BCUT2D eigenvalue weighted by Crippen LogP contribution is -2.36. The number of nitrogens with one attached hydrogen (secondary N) is 1. The molecule has 0 amide bonds. The lowest BCUT2D eigenvalue weighted by Gasteiger charge is -2.22. The third kappa shape index (κ3) is 2.76. The molecule has 1 rings (SSSR count). The summed E-state index contributed by atoms with van der Waals surface area (Å²) in [6.45, 7) is 3.78. The molecule has 0 bridgehead atoms. The zero-order valence-corrected chi connectivity index (χ0v) is 8.31. The van der Waals surface area contributed by atoms with Gasteiger partial charge in [-0.25, -0.2) is 0 Å². The van der Waals surface area contributed by atoms with E-state index < -0.39 is 0 Å². The number of rotatable bonds is 5. The summed E-state index contributed by atoms with van der Waals surface area (Å²) in [4.78, 5) is 0. The molecule has 0 spiro atoms. The molecule has 2 nitrogen and oxygen atoms in total. The highest BCUT2D eigenvalue weighted by atomic mass is 16.5. The van der Waals surface area contributed by atoms with Crippen LogP contribution in [-0.4, -0.2) is 26.3 Å². The Bertz CT molecular complexity index is 110. The Morgan fingerprint density at radius 1 is 1.42 bits per heavy atom. The summed E-state index contributed by atoms with van der Waals surface area (Å²) in [6.07, 6.45) is 5.60. The summed E-state index contributed by atoms with van der Waals surface area (Å²) in [5.74, 6) is 0.863. The van der Waals surface area contributed by atoms with Crippen LogP contribution in [0.1, 0.15) is 32.6 Å². The minimum Gasteiger partial charge on any atom is -0.380 e. The third-order valence-electron chi connectivity index (χ3n) is 2.84. The SMILES string of the molecule is CCOCC(NC)C1CCCC1. The number of hydrogen-bond acceptors (Lipinski definition) is 2. The fourth-order valence-electron chi connectivity index (χ4n) is 2.06. The van der Waals surface area contributed by atoms with E-state index in [9.17, 15) is 0 Å². The van der Waals surface area contributed by atoms with Gasteiger partial charge in [0, 0.05) is 12.6 Å². The maximum Gasteiger partial charge on any atom is 0.0622 e. The molecule has 0 aromatic rings. The fraction of sp³-hybridized carbons (Fsp3) is 1.00. The molecule has 1 atom stereocenters. The lowest BCUT2D eigenvalue weighted by molar-refractivity contribution is 0.106. The third-order valence-corrected chi connectivity index (χ3v) is 2.84. The molecule has 0 aromatic heterocycles. The average Bonchev–Trinajstić information content (AvgIpc) is 2.59. The summed E-state index contributed by atoms with van der Waals surface area (Å²) in [7, 11) is 2.04. The van der Waals surface area contributed by atoms with Crippen LogP contribution in [0.15, 0.2) is 0 Å². The van der Waals surface area contributed by atoms with Crippen LogP contribution in [0.25, 0.3) is 0 Å². The normalized spacial score (nSPS) is 21.5. The molecule has 0 aromatic carbocycles. The smallest absolute Gasteiger partial charge is 0.0622 e. The molecule has 12 heavy (non-hydrogen) atoms. The second kappa shape index (κ2) is 5.55. The van der Waals surface area contributed by atoms with Crippen molar-refractivity contribution in [3.63, 3.8) is 0 Å². The van der Waals surface area contributed by atoms with E-state index in [2.05, 4.69) is 12.2 Å². The standard InChI is InChI=1S/C10H21NO/c1-3-12-8-10(11-2)9-6-4-5-7-9/h9-11H,3-8H2,1-2H3. The Morgan fingerprint density at radius 3 is 2.58 bits per heavy atom. The van der Waals surface area contributed by atoms with Crippen molar-refractivity contribution in [2.75, 3.05) is 20.3 Å². The largest absolute Gasteiger partial charge is 0.380 e. The van der Waals surface area contributed by atoms with Gasteiger partial charge in [0.2, 0.25) is 0 Å². The highest BCUT2D eigenvalue weighted by molar-refractivity contribution is 4.79. The minimum absolute atomic E-state index is 0.590. The molecule has 1 fully saturated rings. The van der Waals surface area contributed by atoms with Crippen molar-refractivity contribution >= 4 is 0 Å². The molecule has 72 valence electrons. The predicted octanol–water partition coefficient (Wildman–Crippen LogP) is 1.80. The van der Waals surface area contributed by atoms with Gasteiger partial charge in [-0.2, -0.15) is 0 Å². The van der Waals surface area contributed by atoms with Gasteiger partial charge in [0.25, 0.3) is 0 Å². The van der Waals surface area contributed by atoms with Gasteiger partial charge in [-0.05, 0) is 32.7 Å². The Balaban J connectivity index is 2.22. The van der Waals surface area contributed by atoms with Crippen molar-refractivity contribution in [2.24, 2.45) is 5.92 Å². The molecule has 0 heterocycles. The van der Waals surface area contributed by atoms with Gasteiger partial charge >= 0.3 is 0 Å². The molecule has 0 radical (unpaired) electrons. The summed E-state index contributed by atoms with van der Waals surface area (Å²) in [5.41, 5.74) is 0. The average molecular weight is 171 g/mol. The summed E-state index contributed by atoms with van der Waals surface area (Å²) < 4.78 is 5.44. The van der Waals surface area contributed by atoms with Crippen molar-refractivity contribution in [1.82, 2.24) is 5.32 Å². The topological polar surface area (TPSA) is 21.3 Å². The highest BCUT2D eigenvalue weighted by Gasteiger charge is 2.23. The number of ether oxygens (including phenoxy) is 1. The Morgan fingerprint density at radius 2 is 2.08 bits per heavy atom. The van der Waals surface area contributed by atoms with Crippen LogP contribution >= 0.6 is 0 Å². The second-order valence-electron chi connectivity index (χ2n) is 3.60. The monoisotopic (exact) mass is 171 g/mol. The van der Waals surface area contributed by atoms with Crippen LogP contribution in [0.5, 0.6) is 0 Å². The maximum absolute atomic E-state index is 5.44. The molecule has 1 aliphatic rings. The van der Waals surface area contributed by atoms with Crippen LogP contribution in [0, 0.1) is 5.92 Å². The molecular weight excluding hydrogens is 150 g/mol. The van der Waals surface area contributed by atoms with E-state index in [4.69, 9.17) is 4.74 Å². The molecule has 2 heteroatoms. The summed E-state index contributed by atoms with van der Waals surface area (Å²) in [5, 5.41) is 3.35. The summed E-state index contributed by atoms with van der Waals surface area (Å²) in [6, 6.07) is 0.590.